The van der Waals surface area contributed by atoms with E-state index in [2.05, 4.69) is 5.32 Å². The molecular formula is C12H16N2O3S. The minimum absolute atomic E-state index is 0.00552. The van der Waals surface area contributed by atoms with Crippen molar-refractivity contribution in [2.75, 3.05) is 23.9 Å². The second-order valence-electron chi connectivity index (χ2n) is 4.20. The van der Waals surface area contributed by atoms with Crippen LogP contribution in [0.5, 0.6) is 5.75 Å². The summed E-state index contributed by atoms with van der Waals surface area (Å²) in [7, 11) is 1.44. The fourth-order valence-corrected chi connectivity index (χ4v) is 3.08. The van der Waals surface area contributed by atoms with E-state index in [1.54, 1.807) is 6.07 Å². The molecule has 2 rings (SSSR count). The Morgan fingerprint density at radius 1 is 1.56 bits per heavy atom. The van der Waals surface area contributed by atoms with E-state index in [4.69, 9.17) is 4.74 Å². The topological polar surface area (TPSA) is 64.4 Å². The van der Waals surface area contributed by atoms with Crippen LogP contribution in [0.15, 0.2) is 18.2 Å². The first-order valence-electron chi connectivity index (χ1n) is 5.87. The van der Waals surface area contributed by atoms with Gasteiger partial charge in [-0.2, -0.15) is 11.8 Å². The first kappa shape index (κ1) is 13.0. The van der Waals surface area contributed by atoms with Gasteiger partial charge in [-0.15, -0.1) is 0 Å². The molecule has 1 aromatic rings. The van der Waals surface area contributed by atoms with E-state index >= 15 is 0 Å². The van der Waals surface area contributed by atoms with Gasteiger partial charge in [0.15, 0.2) is 5.75 Å². The quantitative estimate of drug-likeness (QED) is 0.672. The van der Waals surface area contributed by atoms with Crippen molar-refractivity contribution in [3.63, 3.8) is 0 Å². The maximum atomic E-state index is 10.9. The number of hydrogen-bond donors (Lipinski definition) is 1. The van der Waals surface area contributed by atoms with Crippen LogP contribution in [0.3, 0.4) is 0 Å². The van der Waals surface area contributed by atoms with Crippen molar-refractivity contribution in [2.45, 2.75) is 18.9 Å². The number of thioether (sulfide) groups is 1. The van der Waals surface area contributed by atoms with Gasteiger partial charge >= 0.3 is 5.69 Å². The Labute approximate surface area is 110 Å². The number of ether oxygens (including phenoxy) is 1. The first-order chi connectivity index (χ1) is 8.70. The molecule has 5 nitrogen and oxygen atoms in total. The van der Waals surface area contributed by atoms with Crippen molar-refractivity contribution in [2.24, 2.45) is 0 Å². The Hall–Kier alpha value is -1.43. The number of methoxy groups -OCH3 is 1. The summed E-state index contributed by atoms with van der Waals surface area (Å²) < 4.78 is 4.98. The zero-order valence-corrected chi connectivity index (χ0v) is 11.0. The van der Waals surface area contributed by atoms with Crippen LogP contribution in [0.2, 0.25) is 0 Å². The molecule has 6 heteroatoms. The molecule has 1 heterocycles. The fraction of sp³-hybridized carbons (Fsp3) is 0.500. The Kier molecular flexibility index (Phi) is 4.30. The van der Waals surface area contributed by atoms with Crippen LogP contribution in [-0.4, -0.2) is 29.6 Å². The lowest BCUT2D eigenvalue weighted by molar-refractivity contribution is -0.385. The average molecular weight is 268 g/mol. The zero-order valence-electron chi connectivity index (χ0n) is 10.2. The molecule has 0 spiro atoms. The lowest BCUT2D eigenvalue weighted by Gasteiger charge is -2.23. The minimum Gasteiger partial charge on any atom is -0.490 e. The number of hydrogen-bond acceptors (Lipinski definition) is 5. The molecule has 0 saturated carbocycles. The van der Waals surface area contributed by atoms with Gasteiger partial charge in [-0.1, -0.05) is 0 Å². The van der Waals surface area contributed by atoms with E-state index < -0.39 is 4.92 Å². The van der Waals surface area contributed by atoms with Gasteiger partial charge in [0.05, 0.1) is 12.0 Å². The Morgan fingerprint density at radius 2 is 2.39 bits per heavy atom. The first-order valence-corrected chi connectivity index (χ1v) is 7.03. The standard InChI is InChI=1S/C12H16N2O3S/c1-17-12-5-4-9(7-11(12)14(15)16)13-10-3-2-6-18-8-10/h4-5,7,10,13H,2-3,6,8H2,1H3. The zero-order chi connectivity index (χ0) is 13.0. The molecule has 18 heavy (non-hydrogen) atoms. The predicted octanol–water partition coefficient (Wildman–Crippen LogP) is 2.91. The van der Waals surface area contributed by atoms with E-state index in [1.165, 1.54) is 25.3 Å². The van der Waals surface area contributed by atoms with Gasteiger partial charge in [-0.05, 0) is 30.7 Å². The van der Waals surface area contributed by atoms with E-state index in [9.17, 15) is 10.1 Å². The lowest BCUT2D eigenvalue weighted by Crippen LogP contribution is -2.25. The Balaban J connectivity index is 2.13. The molecule has 1 saturated heterocycles. The molecule has 0 aromatic heterocycles. The fourth-order valence-electron chi connectivity index (χ4n) is 2.01. The summed E-state index contributed by atoms with van der Waals surface area (Å²) in [6.45, 7) is 0. The molecule has 0 radical (unpaired) electrons. The van der Waals surface area contributed by atoms with Crippen molar-refractivity contribution >= 4 is 23.1 Å². The number of nitrogens with one attached hydrogen (secondary N) is 1. The Bertz CT molecular complexity index is 433. The molecular weight excluding hydrogens is 252 g/mol. The van der Waals surface area contributed by atoms with E-state index in [-0.39, 0.29) is 5.69 Å². The van der Waals surface area contributed by atoms with Crippen LogP contribution in [0.25, 0.3) is 0 Å². The number of benzene rings is 1. The molecule has 1 fully saturated rings. The smallest absolute Gasteiger partial charge is 0.312 e. The van der Waals surface area contributed by atoms with Gasteiger partial charge in [-0.3, -0.25) is 10.1 Å². The molecule has 1 N–H and O–H groups in total. The molecule has 98 valence electrons. The maximum absolute atomic E-state index is 10.9. The van der Waals surface area contributed by atoms with E-state index in [0.717, 1.165) is 17.9 Å². The van der Waals surface area contributed by atoms with E-state index in [1.807, 2.05) is 17.8 Å². The largest absolute Gasteiger partial charge is 0.490 e. The molecule has 1 unspecified atom stereocenters. The van der Waals surface area contributed by atoms with Gasteiger partial charge in [0.1, 0.15) is 0 Å². The highest BCUT2D eigenvalue weighted by Gasteiger charge is 2.18. The summed E-state index contributed by atoms with van der Waals surface area (Å²) in [6.07, 6.45) is 2.31. The summed E-state index contributed by atoms with van der Waals surface area (Å²) in [4.78, 5) is 10.5. The third-order valence-corrected chi connectivity index (χ3v) is 4.12. The van der Waals surface area contributed by atoms with Gasteiger partial charge in [-0.25, -0.2) is 0 Å². The van der Waals surface area contributed by atoms with Crippen LogP contribution < -0.4 is 10.1 Å². The van der Waals surface area contributed by atoms with Gasteiger partial charge < -0.3 is 10.1 Å². The SMILES string of the molecule is COc1ccc(NC2CCCSC2)cc1[N+](=O)[O-]. The molecule has 0 aliphatic carbocycles. The minimum atomic E-state index is -0.417. The average Bonchev–Trinajstić information content (AvgIpc) is 2.40. The summed E-state index contributed by atoms with van der Waals surface area (Å²) in [5, 5.41) is 14.3. The van der Waals surface area contributed by atoms with Gasteiger partial charge in [0.25, 0.3) is 0 Å². The summed E-state index contributed by atoms with van der Waals surface area (Å²) in [5.74, 6) is 2.56. The number of nitro groups is 1. The second kappa shape index (κ2) is 5.95. The van der Waals surface area contributed by atoms with Crippen molar-refractivity contribution in [3.8, 4) is 5.75 Å². The van der Waals surface area contributed by atoms with Gasteiger partial charge in [0.2, 0.25) is 0 Å². The summed E-state index contributed by atoms with van der Waals surface area (Å²) >= 11 is 1.92. The van der Waals surface area contributed by atoms with E-state index in [0.29, 0.717) is 11.8 Å². The van der Waals surface area contributed by atoms with Crippen LogP contribution in [0.4, 0.5) is 11.4 Å². The molecule has 1 aliphatic rings. The highest BCUT2D eigenvalue weighted by molar-refractivity contribution is 7.99. The second-order valence-corrected chi connectivity index (χ2v) is 5.35. The lowest BCUT2D eigenvalue weighted by atomic mass is 10.1. The Morgan fingerprint density at radius 3 is 3.00 bits per heavy atom. The summed E-state index contributed by atoms with van der Waals surface area (Å²) in [6, 6.07) is 5.40. The predicted molar refractivity (Wildman–Crippen MR) is 73.6 cm³/mol. The highest BCUT2D eigenvalue weighted by atomic mass is 32.2. The third-order valence-electron chi connectivity index (χ3n) is 2.91. The maximum Gasteiger partial charge on any atom is 0.312 e. The van der Waals surface area contributed by atoms with Gasteiger partial charge in [0, 0.05) is 23.5 Å². The van der Waals surface area contributed by atoms with Crippen LogP contribution in [-0.2, 0) is 0 Å². The van der Waals surface area contributed by atoms with Crippen molar-refractivity contribution in [1.82, 2.24) is 0 Å². The number of nitrogens with zero attached hydrogens (tertiary/aromatic N) is 1. The monoisotopic (exact) mass is 268 g/mol. The van der Waals surface area contributed by atoms with Crippen molar-refractivity contribution in [1.29, 1.82) is 0 Å². The summed E-state index contributed by atoms with van der Waals surface area (Å²) in [5.41, 5.74) is 0.793. The van der Waals surface area contributed by atoms with Crippen LogP contribution in [0, 0.1) is 10.1 Å². The highest BCUT2D eigenvalue weighted by Crippen LogP contribution is 2.30. The van der Waals surface area contributed by atoms with Crippen molar-refractivity contribution in [3.05, 3.63) is 28.3 Å². The normalized spacial score (nSPS) is 19.3. The third kappa shape index (κ3) is 3.07. The molecule has 1 atom stereocenters. The number of nitro benzene ring substituents is 1. The van der Waals surface area contributed by atoms with Crippen LogP contribution in [0.1, 0.15) is 12.8 Å². The van der Waals surface area contributed by atoms with Crippen molar-refractivity contribution < 1.29 is 9.66 Å². The van der Waals surface area contributed by atoms with Crippen LogP contribution >= 0.6 is 11.8 Å². The number of anilines is 1. The molecule has 0 amide bonds. The molecule has 1 aromatic carbocycles. The number of rotatable bonds is 4. The molecule has 0 bridgehead atoms. The molecule has 1 aliphatic heterocycles.